The van der Waals surface area contributed by atoms with Gasteiger partial charge in [0.25, 0.3) is 0 Å². The van der Waals surface area contributed by atoms with Gasteiger partial charge in [0.05, 0.1) is 0 Å². The molecule has 6 nitrogen and oxygen atoms in total. The highest BCUT2D eigenvalue weighted by molar-refractivity contribution is 14.0. The molecule has 2 aromatic rings. The molecule has 2 N–H and O–H groups in total. The number of aromatic nitrogens is 2. The second-order valence-electron chi connectivity index (χ2n) is 6.45. The lowest BCUT2D eigenvalue weighted by atomic mass is 9.95. The van der Waals surface area contributed by atoms with Crippen molar-refractivity contribution < 1.29 is 8.91 Å². The maximum atomic E-state index is 14.0. The lowest BCUT2D eigenvalue weighted by molar-refractivity contribution is 0.372. The van der Waals surface area contributed by atoms with Gasteiger partial charge < -0.3 is 15.2 Å². The number of hydrogen-bond donors (Lipinski definition) is 2. The minimum atomic E-state index is -0.125. The third-order valence-electron chi connectivity index (χ3n) is 4.55. The standard InChI is InChI=1S/C18H24FN5O.HI/c1-13-23-16(25-24-13)8-5-11-21-17(20-2)22-12-18(9-10-18)14-6-3-4-7-15(14)19;/h3-4,6-7H,5,8-12H2,1-2H3,(H2,20,21,22);1H. The number of hydrogen-bond acceptors (Lipinski definition) is 4. The third kappa shape index (κ3) is 5.15. The molecule has 8 heteroatoms. The predicted octanol–water partition coefficient (Wildman–Crippen LogP) is 2.96. The van der Waals surface area contributed by atoms with Gasteiger partial charge in [-0.15, -0.1) is 24.0 Å². The van der Waals surface area contributed by atoms with Gasteiger partial charge in [-0.2, -0.15) is 4.98 Å². The van der Waals surface area contributed by atoms with Gasteiger partial charge in [0.15, 0.2) is 11.8 Å². The Hall–Kier alpha value is -1.71. The largest absolute Gasteiger partial charge is 0.356 e. The summed E-state index contributed by atoms with van der Waals surface area (Å²) in [6.45, 7) is 3.23. The molecular formula is C18H25FIN5O. The van der Waals surface area contributed by atoms with Crippen LogP contribution in [0.25, 0.3) is 0 Å². The molecule has 26 heavy (non-hydrogen) atoms. The predicted molar refractivity (Wildman–Crippen MR) is 109 cm³/mol. The summed E-state index contributed by atoms with van der Waals surface area (Å²) >= 11 is 0. The summed E-state index contributed by atoms with van der Waals surface area (Å²) in [5.41, 5.74) is 0.689. The average Bonchev–Trinajstić information content (AvgIpc) is 3.29. The van der Waals surface area contributed by atoms with Crippen molar-refractivity contribution in [2.45, 2.75) is 38.0 Å². The van der Waals surface area contributed by atoms with Crippen LogP contribution in [0.5, 0.6) is 0 Å². The van der Waals surface area contributed by atoms with Crippen LogP contribution in [0.2, 0.25) is 0 Å². The number of rotatable bonds is 7. The van der Waals surface area contributed by atoms with Crippen molar-refractivity contribution in [1.82, 2.24) is 20.8 Å². The molecule has 1 aromatic carbocycles. The van der Waals surface area contributed by atoms with Crippen molar-refractivity contribution in [3.8, 4) is 0 Å². The van der Waals surface area contributed by atoms with Gasteiger partial charge in [0.2, 0.25) is 5.89 Å². The fourth-order valence-corrected chi connectivity index (χ4v) is 2.95. The topological polar surface area (TPSA) is 75.3 Å². The molecule has 0 saturated heterocycles. The number of benzene rings is 1. The van der Waals surface area contributed by atoms with Crippen LogP contribution in [0.15, 0.2) is 33.8 Å². The molecule has 0 bridgehead atoms. The Morgan fingerprint density at radius 2 is 2.08 bits per heavy atom. The summed E-state index contributed by atoms with van der Waals surface area (Å²) in [7, 11) is 1.74. The number of aryl methyl sites for hydroxylation is 2. The molecule has 0 spiro atoms. The maximum absolute atomic E-state index is 14.0. The van der Waals surface area contributed by atoms with Crippen molar-refractivity contribution in [3.63, 3.8) is 0 Å². The van der Waals surface area contributed by atoms with Gasteiger partial charge in [0, 0.05) is 32.0 Å². The van der Waals surface area contributed by atoms with E-state index in [4.69, 9.17) is 4.52 Å². The van der Waals surface area contributed by atoms with Gasteiger partial charge >= 0.3 is 0 Å². The SMILES string of the molecule is CN=C(NCCCc1nc(C)no1)NCC1(c2ccccc2F)CC1.I. The van der Waals surface area contributed by atoms with Gasteiger partial charge in [-0.05, 0) is 37.8 Å². The molecule has 1 saturated carbocycles. The Balaban J connectivity index is 0.00000243. The van der Waals surface area contributed by atoms with Crippen LogP contribution in [0.1, 0.15) is 36.5 Å². The Morgan fingerprint density at radius 3 is 2.69 bits per heavy atom. The molecular weight excluding hydrogens is 448 g/mol. The monoisotopic (exact) mass is 473 g/mol. The number of nitrogens with one attached hydrogen (secondary N) is 2. The smallest absolute Gasteiger partial charge is 0.226 e. The minimum Gasteiger partial charge on any atom is -0.356 e. The first-order chi connectivity index (χ1) is 12.1. The number of nitrogens with zero attached hydrogens (tertiary/aromatic N) is 3. The Bertz CT molecular complexity index is 745. The van der Waals surface area contributed by atoms with Crippen molar-refractivity contribution in [2.24, 2.45) is 4.99 Å². The summed E-state index contributed by atoms with van der Waals surface area (Å²) in [6, 6.07) is 7.03. The average molecular weight is 473 g/mol. The fraction of sp³-hybridized carbons (Fsp3) is 0.500. The second-order valence-corrected chi connectivity index (χ2v) is 6.45. The summed E-state index contributed by atoms with van der Waals surface area (Å²) in [5, 5.41) is 10.4. The van der Waals surface area contributed by atoms with Gasteiger partial charge in [0.1, 0.15) is 5.82 Å². The second kappa shape index (κ2) is 9.29. The number of aliphatic imine (C=N–C) groups is 1. The Morgan fingerprint density at radius 1 is 1.31 bits per heavy atom. The van der Waals surface area contributed by atoms with E-state index in [-0.39, 0.29) is 35.2 Å². The molecule has 1 aromatic heterocycles. The van der Waals surface area contributed by atoms with E-state index in [1.165, 1.54) is 6.07 Å². The van der Waals surface area contributed by atoms with Crippen LogP contribution in [-0.2, 0) is 11.8 Å². The third-order valence-corrected chi connectivity index (χ3v) is 4.55. The fourth-order valence-electron chi connectivity index (χ4n) is 2.95. The maximum Gasteiger partial charge on any atom is 0.226 e. The highest BCUT2D eigenvalue weighted by Gasteiger charge is 2.45. The van der Waals surface area contributed by atoms with Crippen LogP contribution >= 0.6 is 24.0 Å². The van der Waals surface area contributed by atoms with E-state index in [0.717, 1.165) is 43.8 Å². The van der Waals surface area contributed by atoms with E-state index in [1.807, 2.05) is 12.1 Å². The first kappa shape index (κ1) is 20.6. The molecule has 3 rings (SSSR count). The first-order valence-electron chi connectivity index (χ1n) is 8.62. The molecule has 1 heterocycles. The van der Waals surface area contributed by atoms with Crippen LogP contribution in [-0.4, -0.2) is 36.2 Å². The van der Waals surface area contributed by atoms with Crippen molar-refractivity contribution >= 4 is 29.9 Å². The van der Waals surface area contributed by atoms with E-state index in [1.54, 1.807) is 20.0 Å². The zero-order chi connectivity index (χ0) is 17.7. The molecule has 1 aliphatic rings. The zero-order valence-corrected chi connectivity index (χ0v) is 17.4. The Kier molecular flexibility index (Phi) is 7.36. The number of guanidine groups is 1. The first-order valence-corrected chi connectivity index (χ1v) is 8.62. The quantitative estimate of drug-likeness (QED) is 0.280. The van der Waals surface area contributed by atoms with Crippen molar-refractivity contribution in [3.05, 3.63) is 47.4 Å². The summed E-state index contributed by atoms with van der Waals surface area (Å²) in [4.78, 5) is 8.41. The van der Waals surface area contributed by atoms with E-state index >= 15 is 0 Å². The summed E-state index contributed by atoms with van der Waals surface area (Å²) < 4.78 is 19.1. The molecule has 0 atom stereocenters. The van der Waals surface area contributed by atoms with E-state index in [2.05, 4.69) is 25.8 Å². The van der Waals surface area contributed by atoms with Gasteiger partial charge in [-0.3, -0.25) is 4.99 Å². The zero-order valence-electron chi connectivity index (χ0n) is 15.1. The molecule has 0 aliphatic heterocycles. The lowest BCUT2D eigenvalue weighted by Gasteiger charge is -2.19. The van der Waals surface area contributed by atoms with E-state index in [0.29, 0.717) is 18.3 Å². The molecule has 0 amide bonds. The van der Waals surface area contributed by atoms with Gasteiger partial charge in [-0.1, -0.05) is 23.4 Å². The van der Waals surface area contributed by atoms with E-state index in [9.17, 15) is 4.39 Å². The van der Waals surface area contributed by atoms with Crippen LogP contribution in [0, 0.1) is 12.7 Å². The molecule has 0 radical (unpaired) electrons. The number of halogens is 2. The van der Waals surface area contributed by atoms with Crippen molar-refractivity contribution in [2.75, 3.05) is 20.1 Å². The van der Waals surface area contributed by atoms with Crippen LogP contribution in [0.3, 0.4) is 0 Å². The molecule has 0 unspecified atom stereocenters. The van der Waals surface area contributed by atoms with Gasteiger partial charge in [-0.25, -0.2) is 4.39 Å². The highest BCUT2D eigenvalue weighted by Crippen LogP contribution is 2.48. The van der Waals surface area contributed by atoms with Crippen LogP contribution in [0.4, 0.5) is 4.39 Å². The summed E-state index contributed by atoms with van der Waals surface area (Å²) in [5.74, 6) is 1.91. The normalized spacial score (nSPS) is 15.3. The van der Waals surface area contributed by atoms with Crippen molar-refractivity contribution in [1.29, 1.82) is 0 Å². The van der Waals surface area contributed by atoms with Crippen LogP contribution < -0.4 is 10.6 Å². The minimum absolute atomic E-state index is 0. The highest BCUT2D eigenvalue weighted by atomic mass is 127. The molecule has 142 valence electrons. The lowest BCUT2D eigenvalue weighted by Crippen LogP contribution is -2.41. The van der Waals surface area contributed by atoms with E-state index < -0.39 is 0 Å². The molecule has 1 aliphatic carbocycles. The Labute approximate surface area is 170 Å². The molecule has 1 fully saturated rings. The summed E-state index contributed by atoms with van der Waals surface area (Å²) in [6.07, 6.45) is 3.58.